The summed E-state index contributed by atoms with van der Waals surface area (Å²) in [6.45, 7) is 4.86. The van der Waals surface area contributed by atoms with Crippen LogP contribution in [0.1, 0.15) is 12.5 Å². The maximum atomic E-state index is 12.1. The highest BCUT2D eigenvalue weighted by Crippen LogP contribution is 2.28. The van der Waals surface area contributed by atoms with Crippen LogP contribution in [-0.4, -0.2) is 31.7 Å². The Morgan fingerprint density at radius 3 is 2.56 bits per heavy atom. The van der Waals surface area contributed by atoms with Gasteiger partial charge in [0.05, 0.1) is 7.11 Å². The first-order valence-electron chi connectivity index (χ1n) is 8.49. The number of ether oxygens (including phenoxy) is 3. The number of carbonyl (C=O) groups is 2. The summed E-state index contributed by atoms with van der Waals surface area (Å²) in [4.78, 5) is 24.0. The van der Waals surface area contributed by atoms with Gasteiger partial charge in [-0.25, -0.2) is 4.79 Å². The van der Waals surface area contributed by atoms with E-state index in [1.165, 1.54) is 14.0 Å². The number of para-hydroxylation sites is 1. The number of benzene rings is 2. The first-order valence-corrected chi connectivity index (χ1v) is 8.49. The van der Waals surface area contributed by atoms with Crippen molar-refractivity contribution in [2.24, 2.45) is 0 Å². The monoisotopic (exact) mass is 369 g/mol. The van der Waals surface area contributed by atoms with Gasteiger partial charge in [-0.05, 0) is 43.2 Å². The molecule has 0 radical (unpaired) electrons. The van der Waals surface area contributed by atoms with E-state index in [4.69, 9.17) is 14.2 Å². The van der Waals surface area contributed by atoms with Crippen molar-refractivity contribution < 1.29 is 23.8 Å². The number of methoxy groups -OCH3 is 1. The molecule has 2 aromatic rings. The van der Waals surface area contributed by atoms with Gasteiger partial charge in [0.1, 0.15) is 0 Å². The molecular weight excluding hydrogens is 346 g/mol. The van der Waals surface area contributed by atoms with Gasteiger partial charge in [0, 0.05) is 5.69 Å². The van der Waals surface area contributed by atoms with Gasteiger partial charge in [-0.3, -0.25) is 4.79 Å². The number of nitrogens with one attached hydrogen (secondary N) is 1. The van der Waals surface area contributed by atoms with Crippen LogP contribution >= 0.6 is 0 Å². The number of carbonyl (C=O) groups excluding carboxylic acids is 2. The summed E-state index contributed by atoms with van der Waals surface area (Å²) in [6.07, 6.45) is 1.54. The molecule has 0 saturated carbocycles. The molecular formula is C21H23NO5. The molecule has 0 saturated heterocycles. The van der Waals surface area contributed by atoms with Crippen molar-refractivity contribution in [2.75, 3.05) is 19.0 Å². The Morgan fingerprint density at radius 1 is 1.15 bits per heavy atom. The topological polar surface area (TPSA) is 73.9 Å². The summed E-state index contributed by atoms with van der Waals surface area (Å²) in [5.74, 6) is -0.135. The number of rotatable bonds is 9. The molecule has 0 unspecified atom stereocenters. The Labute approximate surface area is 158 Å². The van der Waals surface area contributed by atoms with Crippen LogP contribution in [0.3, 0.4) is 0 Å². The van der Waals surface area contributed by atoms with Crippen LogP contribution in [0.15, 0.2) is 61.2 Å². The second kappa shape index (κ2) is 10.0. The van der Waals surface area contributed by atoms with Gasteiger partial charge in [0.15, 0.2) is 24.2 Å². The lowest BCUT2D eigenvalue weighted by atomic mass is 10.1. The lowest BCUT2D eigenvalue weighted by molar-refractivity contribution is -0.155. The van der Waals surface area contributed by atoms with Gasteiger partial charge in [0.25, 0.3) is 5.91 Å². The minimum atomic E-state index is -0.946. The summed E-state index contributed by atoms with van der Waals surface area (Å²) in [6, 6.07) is 14.3. The second-order valence-corrected chi connectivity index (χ2v) is 5.75. The molecule has 0 heterocycles. The van der Waals surface area contributed by atoms with E-state index in [0.717, 1.165) is 5.56 Å². The SMILES string of the molecule is C=CCc1ccc(OCC(=O)O[C@@H](C)C(=O)Nc2ccccc2)c(OC)c1. The fourth-order valence-corrected chi connectivity index (χ4v) is 2.31. The minimum absolute atomic E-state index is 0.333. The Bertz CT molecular complexity index is 788. The van der Waals surface area contributed by atoms with E-state index < -0.39 is 18.0 Å². The standard InChI is InChI=1S/C21H23NO5/c1-4-8-16-11-12-18(19(13-16)25-3)26-14-20(23)27-15(2)21(24)22-17-9-6-5-7-10-17/h4-7,9-13,15H,1,8,14H2,2-3H3,(H,22,24)/t15-/m0/s1. The van der Waals surface area contributed by atoms with Crippen molar-refractivity contribution in [3.05, 3.63) is 66.7 Å². The highest BCUT2D eigenvalue weighted by Gasteiger charge is 2.18. The molecule has 1 amide bonds. The maximum Gasteiger partial charge on any atom is 0.344 e. The number of hydrogen-bond acceptors (Lipinski definition) is 5. The third kappa shape index (κ3) is 6.18. The molecule has 2 aromatic carbocycles. The molecule has 0 aromatic heterocycles. The lowest BCUT2D eigenvalue weighted by Gasteiger charge is -2.15. The zero-order chi connectivity index (χ0) is 19.6. The summed E-state index contributed by atoms with van der Waals surface area (Å²) >= 11 is 0. The van der Waals surface area contributed by atoms with Crippen LogP contribution in [-0.2, 0) is 20.7 Å². The summed E-state index contributed by atoms with van der Waals surface area (Å²) in [5, 5.41) is 2.67. The van der Waals surface area contributed by atoms with E-state index in [0.29, 0.717) is 23.6 Å². The van der Waals surface area contributed by atoms with Crippen molar-refractivity contribution in [1.29, 1.82) is 0 Å². The quantitative estimate of drug-likeness (QED) is 0.542. The van der Waals surface area contributed by atoms with Crippen molar-refractivity contribution in [3.63, 3.8) is 0 Å². The highest BCUT2D eigenvalue weighted by molar-refractivity contribution is 5.95. The number of anilines is 1. The van der Waals surface area contributed by atoms with Crippen LogP contribution < -0.4 is 14.8 Å². The molecule has 142 valence electrons. The first kappa shape index (κ1) is 20.0. The van der Waals surface area contributed by atoms with E-state index >= 15 is 0 Å². The molecule has 0 bridgehead atoms. The fourth-order valence-electron chi connectivity index (χ4n) is 2.31. The van der Waals surface area contributed by atoms with Gasteiger partial charge in [-0.1, -0.05) is 30.3 Å². The van der Waals surface area contributed by atoms with Gasteiger partial charge < -0.3 is 19.5 Å². The van der Waals surface area contributed by atoms with E-state index in [1.807, 2.05) is 18.2 Å². The van der Waals surface area contributed by atoms with Crippen molar-refractivity contribution >= 4 is 17.6 Å². The van der Waals surface area contributed by atoms with Crippen LogP contribution in [0, 0.1) is 0 Å². The lowest BCUT2D eigenvalue weighted by Crippen LogP contribution is -2.31. The molecule has 6 nitrogen and oxygen atoms in total. The largest absolute Gasteiger partial charge is 0.493 e. The van der Waals surface area contributed by atoms with E-state index in [2.05, 4.69) is 11.9 Å². The normalized spacial score (nSPS) is 11.2. The Balaban J connectivity index is 1.86. The zero-order valence-electron chi connectivity index (χ0n) is 15.4. The van der Waals surface area contributed by atoms with E-state index in [-0.39, 0.29) is 6.61 Å². The number of esters is 1. The molecule has 1 atom stereocenters. The predicted molar refractivity (Wildman–Crippen MR) is 103 cm³/mol. The van der Waals surface area contributed by atoms with Crippen LogP contribution in [0.4, 0.5) is 5.69 Å². The van der Waals surface area contributed by atoms with E-state index in [1.54, 1.807) is 36.4 Å². The molecule has 0 fully saturated rings. The third-order valence-electron chi connectivity index (χ3n) is 3.67. The maximum absolute atomic E-state index is 12.1. The predicted octanol–water partition coefficient (Wildman–Crippen LogP) is 3.37. The van der Waals surface area contributed by atoms with Crippen molar-refractivity contribution in [1.82, 2.24) is 0 Å². The van der Waals surface area contributed by atoms with Crippen LogP contribution in [0.2, 0.25) is 0 Å². The second-order valence-electron chi connectivity index (χ2n) is 5.75. The molecule has 0 aliphatic heterocycles. The number of hydrogen-bond donors (Lipinski definition) is 1. The van der Waals surface area contributed by atoms with Gasteiger partial charge in [-0.15, -0.1) is 6.58 Å². The summed E-state index contributed by atoms with van der Waals surface area (Å²) in [5.41, 5.74) is 1.65. The molecule has 0 aliphatic carbocycles. The Kier molecular flexibility index (Phi) is 7.43. The molecule has 0 spiro atoms. The number of allylic oxidation sites excluding steroid dienone is 1. The van der Waals surface area contributed by atoms with Crippen LogP contribution in [0.5, 0.6) is 11.5 Å². The van der Waals surface area contributed by atoms with Crippen molar-refractivity contribution in [3.8, 4) is 11.5 Å². The van der Waals surface area contributed by atoms with E-state index in [9.17, 15) is 9.59 Å². The van der Waals surface area contributed by atoms with Crippen molar-refractivity contribution in [2.45, 2.75) is 19.4 Å². The molecule has 6 heteroatoms. The molecule has 2 rings (SSSR count). The van der Waals surface area contributed by atoms with Gasteiger partial charge in [0.2, 0.25) is 0 Å². The van der Waals surface area contributed by atoms with Gasteiger partial charge >= 0.3 is 5.97 Å². The molecule has 0 aliphatic rings. The summed E-state index contributed by atoms with van der Waals surface area (Å²) < 4.78 is 15.9. The smallest absolute Gasteiger partial charge is 0.344 e. The zero-order valence-corrected chi connectivity index (χ0v) is 15.4. The summed E-state index contributed by atoms with van der Waals surface area (Å²) in [7, 11) is 1.52. The average molecular weight is 369 g/mol. The Hall–Kier alpha value is -3.28. The third-order valence-corrected chi connectivity index (χ3v) is 3.67. The highest BCUT2D eigenvalue weighted by atomic mass is 16.6. The van der Waals surface area contributed by atoms with Crippen LogP contribution in [0.25, 0.3) is 0 Å². The number of amides is 1. The average Bonchev–Trinajstić information content (AvgIpc) is 2.67. The fraction of sp³-hybridized carbons (Fsp3) is 0.238. The first-order chi connectivity index (χ1) is 13.0. The van der Waals surface area contributed by atoms with Gasteiger partial charge in [-0.2, -0.15) is 0 Å². The molecule has 1 N–H and O–H groups in total. The molecule has 27 heavy (non-hydrogen) atoms. The Morgan fingerprint density at radius 2 is 1.89 bits per heavy atom. The minimum Gasteiger partial charge on any atom is -0.493 e.